The van der Waals surface area contributed by atoms with Crippen molar-refractivity contribution >= 4 is 9.84 Å². The van der Waals surface area contributed by atoms with Crippen molar-refractivity contribution in [1.29, 1.82) is 0 Å². The number of methoxy groups -OCH3 is 1. The summed E-state index contributed by atoms with van der Waals surface area (Å²) in [5, 5.41) is 3.44. The van der Waals surface area contributed by atoms with Gasteiger partial charge in [-0.15, -0.1) is 0 Å². The minimum absolute atomic E-state index is 0.172. The monoisotopic (exact) mass is 329 g/mol. The van der Waals surface area contributed by atoms with Crippen molar-refractivity contribution < 1.29 is 13.2 Å². The predicted octanol–water partition coefficient (Wildman–Crippen LogP) is -1.12. The normalized spacial score (nSPS) is 44.0. The Bertz CT molecular complexity index is 516. The summed E-state index contributed by atoms with van der Waals surface area (Å²) in [5.41, 5.74) is 0. The molecule has 126 valence electrons. The predicted molar refractivity (Wildman–Crippen MR) is 84.6 cm³/mol. The Morgan fingerprint density at radius 3 is 2.41 bits per heavy atom. The number of piperazine rings is 1. The Labute approximate surface area is 133 Å². The molecule has 3 aliphatic heterocycles. The second kappa shape index (κ2) is 5.70. The van der Waals surface area contributed by atoms with Gasteiger partial charge in [0.15, 0.2) is 9.84 Å². The highest BCUT2D eigenvalue weighted by molar-refractivity contribution is 7.91. The van der Waals surface area contributed by atoms with E-state index in [1.165, 1.54) is 0 Å². The van der Waals surface area contributed by atoms with Crippen molar-refractivity contribution in [3.63, 3.8) is 0 Å². The van der Waals surface area contributed by atoms with Crippen LogP contribution in [-0.2, 0) is 14.6 Å². The van der Waals surface area contributed by atoms with Crippen molar-refractivity contribution in [2.75, 3.05) is 64.5 Å². The van der Waals surface area contributed by atoms with Gasteiger partial charge in [0.1, 0.15) is 0 Å². The summed E-state index contributed by atoms with van der Waals surface area (Å²) >= 11 is 0. The van der Waals surface area contributed by atoms with Gasteiger partial charge in [-0.25, -0.2) is 8.42 Å². The van der Waals surface area contributed by atoms with Gasteiger partial charge in [0.25, 0.3) is 0 Å². The van der Waals surface area contributed by atoms with E-state index in [0.717, 1.165) is 57.0 Å². The third-order valence-electron chi connectivity index (χ3n) is 6.20. The number of hydrogen-bond acceptors (Lipinski definition) is 6. The molecule has 0 aromatic rings. The van der Waals surface area contributed by atoms with E-state index < -0.39 is 9.84 Å². The number of rotatable bonds is 5. The summed E-state index contributed by atoms with van der Waals surface area (Å²) in [6.45, 7) is 6.93. The molecule has 1 N–H and O–H groups in total. The highest BCUT2D eigenvalue weighted by atomic mass is 32.2. The highest BCUT2D eigenvalue weighted by Gasteiger charge is 2.55. The number of nitrogens with one attached hydrogen (secondary N) is 1. The zero-order valence-corrected chi connectivity index (χ0v) is 14.1. The highest BCUT2D eigenvalue weighted by Crippen LogP contribution is 2.49. The molecular weight excluding hydrogens is 302 g/mol. The molecule has 4 rings (SSSR count). The smallest absolute Gasteiger partial charge is 0.153 e. The van der Waals surface area contributed by atoms with Gasteiger partial charge < -0.3 is 10.1 Å². The van der Waals surface area contributed by atoms with Crippen LogP contribution in [0, 0.1) is 17.8 Å². The van der Waals surface area contributed by atoms with Crippen LogP contribution < -0.4 is 5.32 Å². The van der Waals surface area contributed by atoms with E-state index in [1.54, 1.807) is 7.11 Å². The van der Waals surface area contributed by atoms with E-state index in [0.29, 0.717) is 18.1 Å². The third-order valence-corrected chi connectivity index (χ3v) is 7.90. The topological polar surface area (TPSA) is 61.9 Å². The first-order valence-electron chi connectivity index (χ1n) is 8.47. The fourth-order valence-electron chi connectivity index (χ4n) is 4.90. The van der Waals surface area contributed by atoms with Crippen LogP contribution in [0.5, 0.6) is 0 Å². The van der Waals surface area contributed by atoms with Gasteiger partial charge in [-0.3, -0.25) is 9.80 Å². The van der Waals surface area contributed by atoms with Gasteiger partial charge in [0, 0.05) is 45.4 Å². The lowest BCUT2D eigenvalue weighted by Gasteiger charge is -2.44. The zero-order chi connectivity index (χ0) is 15.3. The Kier molecular flexibility index (Phi) is 3.97. The maximum Gasteiger partial charge on any atom is 0.153 e. The van der Waals surface area contributed by atoms with Crippen LogP contribution in [0.4, 0.5) is 0 Å². The lowest BCUT2D eigenvalue weighted by atomic mass is 10.0. The molecular formula is C15H27N3O3S. The number of ether oxygens (including phenoxy) is 1. The van der Waals surface area contributed by atoms with Crippen LogP contribution >= 0.6 is 0 Å². The Morgan fingerprint density at radius 1 is 1.09 bits per heavy atom. The molecule has 0 aromatic heterocycles. The minimum Gasteiger partial charge on any atom is -0.383 e. The van der Waals surface area contributed by atoms with Gasteiger partial charge >= 0.3 is 0 Å². The van der Waals surface area contributed by atoms with E-state index in [2.05, 4.69) is 15.1 Å². The minimum atomic E-state index is -2.89. The molecule has 4 unspecified atom stereocenters. The average Bonchev–Trinajstić information content (AvgIpc) is 2.85. The summed E-state index contributed by atoms with van der Waals surface area (Å²) in [4.78, 5) is 4.83. The van der Waals surface area contributed by atoms with Crippen molar-refractivity contribution in [2.45, 2.75) is 12.1 Å². The van der Waals surface area contributed by atoms with Crippen LogP contribution in [0.25, 0.3) is 0 Å². The molecule has 0 aromatic carbocycles. The van der Waals surface area contributed by atoms with E-state index in [9.17, 15) is 8.42 Å². The van der Waals surface area contributed by atoms with Crippen LogP contribution in [0.15, 0.2) is 0 Å². The first kappa shape index (κ1) is 15.3. The molecule has 4 aliphatic rings. The summed E-state index contributed by atoms with van der Waals surface area (Å²) in [6.07, 6.45) is 0. The molecule has 0 radical (unpaired) electrons. The van der Waals surface area contributed by atoms with E-state index in [1.807, 2.05) is 0 Å². The van der Waals surface area contributed by atoms with Crippen molar-refractivity contribution in [3.05, 3.63) is 0 Å². The molecule has 0 spiro atoms. The Balaban J connectivity index is 1.43. The second-order valence-corrected chi connectivity index (χ2v) is 9.54. The summed E-state index contributed by atoms with van der Waals surface area (Å²) in [5.74, 6) is 3.18. The second-order valence-electron chi connectivity index (χ2n) is 7.39. The molecule has 6 nitrogen and oxygen atoms in total. The Hall–Kier alpha value is -0.210. The standard InChI is InChI=1S/C15H27N3O3S/c1-21-5-4-17-2-3-18(8-13-11-6-16-7-12(11)13)15-10-22(19,20)9-14(15)17/h11-16H,2-10H2,1H3. The fourth-order valence-corrected chi connectivity index (χ4v) is 6.94. The number of nitrogens with zero attached hydrogens (tertiary/aromatic N) is 2. The molecule has 1 aliphatic carbocycles. The zero-order valence-electron chi connectivity index (χ0n) is 13.3. The number of sulfone groups is 1. The Morgan fingerprint density at radius 2 is 1.73 bits per heavy atom. The van der Waals surface area contributed by atoms with Gasteiger partial charge in [-0.2, -0.15) is 0 Å². The van der Waals surface area contributed by atoms with Gasteiger partial charge in [0.2, 0.25) is 0 Å². The molecule has 22 heavy (non-hydrogen) atoms. The number of fused-ring (bicyclic) bond motifs is 2. The summed E-state index contributed by atoms with van der Waals surface area (Å²) in [7, 11) is -1.18. The lowest BCUT2D eigenvalue weighted by molar-refractivity contribution is 0.0255. The SMILES string of the molecule is COCCN1CCN(CC2C3CNCC32)C2CS(=O)(=O)CC21. The lowest BCUT2D eigenvalue weighted by Crippen LogP contribution is -2.60. The third kappa shape index (κ3) is 2.71. The van der Waals surface area contributed by atoms with Gasteiger partial charge in [0.05, 0.1) is 18.1 Å². The van der Waals surface area contributed by atoms with Crippen molar-refractivity contribution in [3.8, 4) is 0 Å². The molecule has 4 atom stereocenters. The average molecular weight is 329 g/mol. The molecule has 0 amide bonds. The first-order valence-corrected chi connectivity index (χ1v) is 10.3. The summed E-state index contributed by atoms with van der Waals surface area (Å²) in [6, 6.07) is 0.371. The fraction of sp³-hybridized carbons (Fsp3) is 1.00. The first-order chi connectivity index (χ1) is 10.6. The summed E-state index contributed by atoms with van der Waals surface area (Å²) < 4.78 is 29.5. The van der Waals surface area contributed by atoms with Crippen LogP contribution in [0.2, 0.25) is 0 Å². The molecule has 4 fully saturated rings. The van der Waals surface area contributed by atoms with E-state index >= 15 is 0 Å². The maximum atomic E-state index is 12.2. The molecule has 7 heteroatoms. The molecule has 3 heterocycles. The van der Waals surface area contributed by atoms with E-state index in [4.69, 9.17) is 4.74 Å². The molecule has 0 bridgehead atoms. The molecule has 1 saturated carbocycles. The van der Waals surface area contributed by atoms with Crippen LogP contribution in [0.3, 0.4) is 0 Å². The maximum absolute atomic E-state index is 12.2. The number of hydrogen-bond donors (Lipinski definition) is 1. The quantitative estimate of drug-likeness (QED) is 0.690. The molecule has 3 saturated heterocycles. The van der Waals surface area contributed by atoms with Crippen molar-refractivity contribution in [1.82, 2.24) is 15.1 Å². The van der Waals surface area contributed by atoms with Crippen LogP contribution in [0.1, 0.15) is 0 Å². The van der Waals surface area contributed by atoms with Crippen LogP contribution in [-0.4, -0.2) is 94.8 Å². The van der Waals surface area contributed by atoms with Gasteiger partial charge in [-0.05, 0) is 30.8 Å². The van der Waals surface area contributed by atoms with Gasteiger partial charge in [-0.1, -0.05) is 0 Å². The largest absolute Gasteiger partial charge is 0.383 e. The van der Waals surface area contributed by atoms with E-state index in [-0.39, 0.29) is 12.1 Å². The number of piperidine rings is 1. The van der Waals surface area contributed by atoms with Crippen molar-refractivity contribution in [2.24, 2.45) is 17.8 Å².